The van der Waals surface area contributed by atoms with Gasteiger partial charge in [0, 0.05) is 38.1 Å². The molecule has 3 aliphatic rings. The van der Waals surface area contributed by atoms with Crippen molar-refractivity contribution in [3.8, 4) is 0 Å². The normalized spacial score (nSPS) is 22.9. The maximum atomic E-state index is 14.1. The number of halogens is 4. The molecule has 0 spiro atoms. The summed E-state index contributed by atoms with van der Waals surface area (Å²) in [7, 11) is 0. The van der Waals surface area contributed by atoms with Crippen LogP contribution in [0.5, 0.6) is 0 Å². The van der Waals surface area contributed by atoms with E-state index in [1.807, 2.05) is 32.0 Å². The molecule has 43 heavy (non-hydrogen) atoms. The number of benzene rings is 1. The van der Waals surface area contributed by atoms with Gasteiger partial charge >= 0.3 is 0 Å². The molecular weight excluding hydrogens is 564 g/mol. The van der Waals surface area contributed by atoms with Gasteiger partial charge in [0.05, 0.1) is 28.7 Å². The molecule has 232 valence electrons. The molecule has 3 aliphatic carbocycles. The second-order valence-corrected chi connectivity index (χ2v) is 13.2. The van der Waals surface area contributed by atoms with Crippen LogP contribution in [0.4, 0.5) is 17.6 Å². The number of nitrogens with zero attached hydrogens (tertiary/aromatic N) is 3. The van der Waals surface area contributed by atoms with Crippen LogP contribution in [0.2, 0.25) is 0 Å². The third-order valence-corrected chi connectivity index (χ3v) is 9.20. The van der Waals surface area contributed by atoms with Crippen LogP contribution < -0.4 is 11.1 Å². The zero-order valence-electron chi connectivity index (χ0n) is 24.4. The lowest BCUT2D eigenvalue weighted by molar-refractivity contribution is -0.134. The minimum Gasteiger partial charge on any atom is -0.364 e. The Hall–Kier alpha value is -3.44. The Morgan fingerprint density at radius 1 is 1.07 bits per heavy atom. The minimum atomic E-state index is -2.70. The van der Waals surface area contributed by atoms with Crippen LogP contribution in [0.15, 0.2) is 24.3 Å². The molecule has 0 aliphatic heterocycles. The van der Waals surface area contributed by atoms with Crippen LogP contribution in [-0.4, -0.2) is 43.4 Å². The van der Waals surface area contributed by atoms with Gasteiger partial charge in [0.1, 0.15) is 11.5 Å². The van der Waals surface area contributed by atoms with E-state index in [4.69, 9.17) is 10.7 Å². The number of nitrogens with two attached hydrogens (primary N) is 1. The maximum absolute atomic E-state index is 14.1. The number of nitrogens with one attached hydrogen (secondary N) is 2. The van der Waals surface area contributed by atoms with Crippen molar-refractivity contribution in [1.82, 2.24) is 25.1 Å². The van der Waals surface area contributed by atoms with Crippen molar-refractivity contribution in [2.24, 2.45) is 23.5 Å². The van der Waals surface area contributed by atoms with Gasteiger partial charge in [-0.1, -0.05) is 6.07 Å². The van der Waals surface area contributed by atoms with Crippen molar-refractivity contribution >= 4 is 22.8 Å². The van der Waals surface area contributed by atoms with E-state index in [1.54, 1.807) is 10.7 Å². The van der Waals surface area contributed by atoms with E-state index < -0.39 is 23.7 Å². The largest absolute Gasteiger partial charge is 0.364 e. The molecule has 8 nitrogen and oxygen atoms in total. The van der Waals surface area contributed by atoms with E-state index in [2.05, 4.69) is 15.4 Å². The molecule has 3 atom stereocenters. The van der Waals surface area contributed by atoms with Crippen molar-refractivity contribution in [1.29, 1.82) is 0 Å². The molecule has 12 heteroatoms. The summed E-state index contributed by atoms with van der Waals surface area (Å²) < 4.78 is 56.4. The van der Waals surface area contributed by atoms with Gasteiger partial charge in [-0.25, -0.2) is 22.5 Å². The molecule has 4 N–H and O–H groups in total. The molecule has 2 heterocycles. The smallest absolute Gasteiger partial charge is 0.266 e. The molecule has 3 aromatic rings. The zero-order valence-corrected chi connectivity index (χ0v) is 24.4. The van der Waals surface area contributed by atoms with Gasteiger partial charge in [0.2, 0.25) is 17.8 Å². The third kappa shape index (κ3) is 6.43. The van der Waals surface area contributed by atoms with Crippen LogP contribution in [0.25, 0.3) is 11.0 Å². The number of hydrogen-bond acceptors (Lipinski definition) is 4. The van der Waals surface area contributed by atoms with Crippen LogP contribution in [-0.2, 0) is 4.79 Å². The maximum Gasteiger partial charge on any atom is 0.266 e. The number of aromatic nitrogens is 4. The molecular formula is C31H38F4N6O2. The highest BCUT2D eigenvalue weighted by molar-refractivity contribution is 5.91. The Morgan fingerprint density at radius 2 is 1.79 bits per heavy atom. The molecule has 3 fully saturated rings. The molecule has 0 radical (unpaired) electrons. The van der Waals surface area contributed by atoms with E-state index in [1.165, 1.54) is 0 Å². The molecule has 2 amide bonds. The van der Waals surface area contributed by atoms with E-state index in [0.717, 1.165) is 23.9 Å². The number of rotatable bonds is 11. The number of fused-ring (bicyclic) bond motifs is 1. The summed E-state index contributed by atoms with van der Waals surface area (Å²) in [6.45, 7) is 3.77. The Balaban J connectivity index is 1.28. The van der Waals surface area contributed by atoms with Crippen LogP contribution in [0.1, 0.15) is 117 Å². The lowest BCUT2D eigenvalue weighted by Crippen LogP contribution is -2.39. The van der Waals surface area contributed by atoms with E-state index in [0.29, 0.717) is 29.9 Å². The number of primary amides is 1. The summed E-state index contributed by atoms with van der Waals surface area (Å²) >= 11 is 0. The average molecular weight is 603 g/mol. The summed E-state index contributed by atoms with van der Waals surface area (Å²) in [6, 6.07) is 6.98. The molecule has 2 aromatic heterocycles. The first kappa shape index (κ1) is 29.6. The number of alkyl halides is 4. The molecule has 3 saturated carbocycles. The van der Waals surface area contributed by atoms with Gasteiger partial charge in [-0.15, -0.1) is 0 Å². The number of carbonyl (C=O) groups excluding carboxylic acids is 2. The van der Waals surface area contributed by atoms with Crippen molar-refractivity contribution in [2.45, 2.75) is 101 Å². The molecule has 0 unspecified atom stereocenters. The second-order valence-electron chi connectivity index (χ2n) is 13.2. The molecule has 0 bridgehead atoms. The lowest BCUT2D eigenvalue weighted by Gasteiger charge is -2.34. The van der Waals surface area contributed by atoms with Crippen molar-refractivity contribution < 1.29 is 27.2 Å². The first-order valence-corrected chi connectivity index (χ1v) is 15.2. The Kier molecular flexibility index (Phi) is 7.53. The van der Waals surface area contributed by atoms with Gasteiger partial charge in [-0.05, 0) is 81.0 Å². The lowest BCUT2D eigenvalue weighted by atomic mass is 9.79. The fraction of sp³-hybridized carbons (Fsp3) is 0.613. The predicted octanol–water partition coefficient (Wildman–Crippen LogP) is 6.40. The summed E-state index contributed by atoms with van der Waals surface area (Å²) in [6.07, 6.45) is 1.95. The van der Waals surface area contributed by atoms with Crippen LogP contribution >= 0.6 is 0 Å². The average Bonchev–Trinajstić information content (AvgIpc) is 3.33. The summed E-state index contributed by atoms with van der Waals surface area (Å²) in [5.74, 6) is -6.36. The summed E-state index contributed by atoms with van der Waals surface area (Å²) in [5, 5.41) is 7.77. The number of imidazole rings is 1. The second kappa shape index (κ2) is 10.9. The van der Waals surface area contributed by atoms with Gasteiger partial charge < -0.3 is 16.0 Å². The van der Waals surface area contributed by atoms with Crippen molar-refractivity contribution in [2.75, 3.05) is 0 Å². The van der Waals surface area contributed by atoms with Crippen LogP contribution in [0.3, 0.4) is 0 Å². The fourth-order valence-electron chi connectivity index (χ4n) is 6.84. The van der Waals surface area contributed by atoms with Gasteiger partial charge in [-0.2, -0.15) is 5.10 Å². The Bertz CT molecular complexity index is 1520. The topological polar surface area (TPSA) is 119 Å². The number of H-pyrrole nitrogens is 1. The first-order valence-electron chi connectivity index (χ1n) is 15.2. The predicted molar refractivity (Wildman–Crippen MR) is 152 cm³/mol. The highest BCUT2D eigenvalue weighted by atomic mass is 19.3. The van der Waals surface area contributed by atoms with E-state index in [-0.39, 0.29) is 73.5 Å². The number of carbonyl (C=O) groups is 2. The van der Waals surface area contributed by atoms with Crippen LogP contribution in [0, 0.1) is 17.8 Å². The number of hydrogen-bond donors (Lipinski definition) is 3. The zero-order chi connectivity index (χ0) is 30.7. The van der Waals surface area contributed by atoms with Crippen molar-refractivity contribution in [3.05, 3.63) is 47.0 Å². The standard InChI is InChI=1S/C31H38F4N6O2/c1-16(2)41-25(28(36)43)12-23(40-41)21(9-17-7-8-30(32,33)13-17)29-37-22-6-5-20(11-24(22)38-29)27(19-3-4-19)39-26(42)10-18-14-31(34,35)15-18/h5-6,11-12,16-19,21,27H,3-4,7-10,13-15H2,1-2H3,(H2,36,43)(H,37,38)(H,39,42)/t17-,21+,27-/m1/s1. The number of amides is 2. The molecule has 0 saturated heterocycles. The van der Waals surface area contributed by atoms with Gasteiger partial charge in [0.15, 0.2) is 0 Å². The monoisotopic (exact) mass is 602 g/mol. The fourth-order valence-corrected chi connectivity index (χ4v) is 6.84. The molecule has 1 aromatic carbocycles. The first-order chi connectivity index (χ1) is 20.3. The summed E-state index contributed by atoms with van der Waals surface area (Å²) in [5.41, 5.74) is 8.73. The SMILES string of the molecule is CC(C)n1nc([C@H](C[C@H]2CCC(F)(F)C2)c2nc3ccc([C@H](NC(=O)CC4CC(F)(F)C4)C4CC4)cc3[nH]2)cc1C(N)=O. The number of aromatic amines is 1. The molecule has 6 rings (SSSR count). The Morgan fingerprint density at radius 3 is 2.37 bits per heavy atom. The Labute approximate surface area is 247 Å². The van der Waals surface area contributed by atoms with E-state index >= 15 is 0 Å². The van der Waals surface area contributed by atoms with Gasteiger partial charge in [0.25, 0.3) is 5.91 Å². The highest BCUT2D eigenvalue weighted by Gasteiger charge is 2.46. The van der Waals surface area contributed by atoms with Crippen molar-refractivity contribution in [3.63, 3.8) is 0 Å². The third-order valence-electron chi connectivity index (χ3n) is 9.20. The minimum absolute atomic E-state index is 0.0907. The quantitative estimate of drug-likeness (QED) is 0.220. The van der Waals surface area contributed by atoms with Gasteiger partial charge in [-0.3, -0.25) is 14.3 Å². The summed E-state index contributed by atoms with van der Waals surface area (Å²) in [4.78, 5) is 33.1. The highest BCUT2D eigenvalue weighted by Crippen LogP contribution is 2.46. The van der Waals surface area contributed by atoms with E-state index in [9.17, 15) is 27.2 Å².